The van der Waals surface area contributed by atoms with E-state index in [4.69, 9.17) is 4.42 Å². The van der Waals surface area contributed by atoms with Crippen molar-refractivity contribution in [2.24, 2.45) is 7.05 Å². The summed E-state index contributed by atoms with van der Waals surface area (Å²) >= 11 is 3.37. The number of benzene rings is 1. The molecule has 0 bridgehead atoms. The Morgan fingerprint density at radius 1 is 1.46 bits per heavy atom. The summed E-state index contributed by atoms with van der Waals surface area (Å²) in [7, 11) is 1.69. The molecular weight excluding hydrogens is 234 g/mol. The fourth-order valence-corrected chi connectivity index (χ4v) is 1.91. The van der Waals surface area contributed by atoms with Gasteiger partial charge in [-0.15, -0.1) is 0 Å². The van der Waals surface area contributed by atoms with Crippen LogP contribution in [-0.4, -0.2) is 4.57 Å². The van der Waals surface area contributed by atoms with Gasteiger partial charge in [-0.25, -0.2) is 4.79 Å². The summed E-state index contributed by atoms with van der Waals surface area (Å²) in [5.74, 6) is -0.323. The summed E-state index contributed by atoms with van der Waals surface area (Å²) < 4.78 is 7.52. The molecule has 0 amide bonds. The zero-order valence-corrected chi connectivity index (χ0v) is 8.88. The summed E-state index contributed by atoms with van der Waals surface area (Å²) in [6.07, 6.45) is 0. The largest absolute Gasteiger partial charge is 0.419 e. The molecule has 0 atom stereocenters. The van der Waals surface area contributed by atoms with Gasteiger partial charge >= 0.3 is 5.76 Å². The summed E-state index contributed by atoms with van der Waals surface area (Å²) in [6.45, 7) is 1.91. The summed E-state index contributed by atoms with van der Waals surface area (Å²) in [5, 5.41) is 0. The third-order valence-electron chi connectivity index (χ3n) is 2.04. The number of rotatable bonds is 0. The standard InChI is InChI=1S/C9H8BrNO2/c1-5-3-6(10)4-7-8(5)13-9(12)11(7)2/h3-4H,1-2H3. The minimum Gasteiger partial charge on any atom is -0.407 e. The predicted molar refractivity (Wildman–Crippen MR) is 53.9 cm³/mol. The van der Waals surface area contributed by atoms with E-state index in [9.17, 15) is 4.79 Å². The molecular formula is C9H8BrNO2. The number of nitrogens with zero attached hydrogens (tertiary/aromatic N) is 1. The van der Waals surface area contributed by atoms with Gasteiger partial charge in [0.2, 0.25) is 0 Å². The van der Waals surface area contributed by atoms with Crippen LogP contribution in [-0.2, 0) is 7.05 Å². The third-order valence-corrected chi connectivity index (χ3v) is 2.50. The maximum absolute atomic E-state index is 11.2. The number of fused-ring (bicyclic) bond motifs is 1. The Labute approximate surface area is 83.1 Å². The van der Waals surface area contributed by atoms with E-state index >= 15 is 0 Å². The van der Waals surface area contributed by atoms with Crippen molar-refractivity contribution in [2.75, 3.05) is 0 Å². The lowest BCUT2D eigenvalue weighted by Gasteiger charge is -1.96. The molecule has 0 aliphatic rings. The second kappa shape index (κ2) is 2.73. The molecule has 0 N–H and O–H groups in total. The van der Waals surface area contributed by atoms with Crippen LogP contribution in [0.1, 0.15) is 5.56 Å². The van der Waals surface area contributed by atoms with Gasteiger partial charge in [0.1, 0.15) is 0 Å². The van der Waals surface area contributed by atoms with Crippen LogP contribution < -0.4 is 5.76 Å². The fraction of sp³-hybridized carbons (Fsp3) is 0.222. The Bertz CT molecular complexity index is 524. The SMILES string of the molecule is Cc1cc(Br)cc2c1oc(=O)n2C. The second-order valence-corrected chi connectivity index (χ2v) is 3.91. The Hall–Kier alpha value is -1.03. The molecule has 2 rings (SSSR count). The van der Waals surface area contributed by atoms with E-state index in [1.54, 1.807) is 7.05 Å². The van der Waals surface area contributed by atoms with Crippen LogP contribution in [0, 0.1) is 6.92 Å². The predicted octanol–water partition coefficient (Wildman–Crippen LogP) is 2.20. The number of halogens is 1. The molecule has 1 aromatic heterocycles. The molecule has 0 unspecified atom stereocenters. The zero-order valence-electron chi connectivity index (χ0n) is 7.30. The van der Waals surface area contributed by atoms with Crippen LogP contribution in [0.15, 0.2) is 25.8 Å². The molecule has 0 saturated heterocycles. The van der Waals surface area contributed by atoms with E-state index in [1.165, 1.54) is 4.57 Å². The molecule has 0 fully saturated rings. The van der Waals surface area contributed by atoms with Crippen molar-refractivity contribution in [3.63, 3.8) is 0 Å². The Morgan fingerprint density at radius 2 is 2.15 bits per heavy atom. The first-order valence-electron chi connectivity index (χ1n) is 3.85. The van der Waals surface area contributed by atoms with Crippen LogP contribution in [0.3, 0.4) is 0 Å². The first-order valence-corrected chi connectivity index (χ1v) is 4.64. The molecule has 13 heavy (non-hydrogen) atoms. The quantitative estimate of drug-likeness (QED) is 0.709. The maximum atomic E-state index is 11.2. The fourth-order valence-electron chi connectivity index (χ4n) is 1.35. The van der Waals surface area contributed by atoms with Crippen molar-refractivity contribution in [3.8, 4) is 0 Å². The molecule has 1 aromatic carbocycles. The topological polar surface area (TPSA) is 35.1 Å². The van der Waals surface area contributed by atoms with Gasteiger partial charge in [0, 0.05) is 11.5 Å². The lowest BCUT2D eigenvalue weighted by atomic mass is 10.2. The maximum Gasteiger partial charge on any atom is 0.419 e. The van der Waals surface area contributed by atoms with Crippen molar-refractivity contribution in [1.82, 2.24) is 4.57 Å². The van der Waals surface area contributed by atoms with Gasteiger partial charge in [0.25, 0.3) is 0 Å². The molecule has 0 saturated carbocycles. The van der Waals surface area contributed by atoms with Gasteiger partial charge in [-0.3, -0.25) is 4.57 Å². The molecule has 1 heterocycles. The second-order valence-electron chi connectivity index (χ2n) is 3.00. The van der Waals surface area contributed by atoms with Gasteiger partial charge in [0.15, 0.2) is 5.58 Å². The van der Waals surface area contributed by atoms with E-state index in [1.807, 2.05) is 19.1 Å². The van der Waals surface area contributed by atoms with Gasteiger partial charge < -0.3 is 4.42 Å². The molecule has 0 spiro atoms. The highest BCUT2D eigenvalue weighted by Gasteiger charge is 2.08. The molecule has 68 valence electrons. The summed E-state index contributed by atoms with van der Waals surface area (Å²) in [6, 6.07) is 3.79. The van der Waals surface area contributed by atoms with Crippen LogP contribution >= 0.6 is 15.9 Å². The molecule has 2 aromatic rings. The summed E-state index contributed by atoms with van der Waals surface area (Å²) in [4.78, 5) is 11.2. The monoisotopic (exact) mass is 241 g/mol. The zero-order chi connectivity index (χ0) is 9.59. The van der Waals surface area contributed by atoms with Crippen molar-refractivity contribution < 1.29 is 4.42 Å². The first-order chi connectivity index (χ1) is 6.09. The summed E-state index contributed by atoms with van der Waals surface area (Å²) in [5.41, 5.74) is 2.44. The van der Waals surface area contributed by atoms with Crippen molar-refractivity contribution in [3.05, 3.63) is 32.7 Å². The van der Waals surface area contributed by atoms with Crippen molar-refractivity contribution >= 4 is 27.0 Å². The molecule has 0 aliphatic carbocycles. The highest BCUT2D eigenvalue weighted by Crippen LogP contribution is 2.22. The Morgan fingerprint density at radius 3 is 2.85 bits per heavy atom. The average Bonchev–Trinajstić information content (AvgIpc) is 2.32. The van der Waals surface area contributed by atoms with Crippen LogP contribution in [0.2, 0.25) is 0 Å². The number of hydrogen-bond donors (Lipinski definition) is 0. The highest BCUT2D eigenvalue weighted by atomic mass is 79.9. The van der Waals surface area contributed by atoms with Crippen LogP contribution in [0.4, 0.5) is 0 Å². The van der Waals surface area contributed by atoms with Crippen LogP contribution in [0.5, 0.6) is 0 Å². The van der Waals surface area contributed by atoms with Crippen molar-refractivity contribution in [2.45, 2.75) is 6.92 Å². The number of aryl methyl sites for hydroxylation is 2. The van der Waals surface area contributed by atoms with E-state index < -0.39 is 0 Å². The Kier molecular flexibility index (Phi) is 1.80. The normalized spacial score (nSPS) is 11.0. The molecule has 0 radical (unpaired) electrons. The highest BCUT2D eigenvalue weighted by molar-refractivity contribution is 9.10. The number of oxazole rings is 1. The number of hydrogen-bond acceptors (Lipinski definition) is 2. The molecule has 3 nitrogen and oxygen atoms in total. The Balaban J connectivity index is 3.03. The van der Waals surface area contributed by atoms with Gasteiger partial charge in [-0.05, 0) is 24.6 Å². The van der Waals surface area contributed by atoms with E-state index in [-0.39, 0.29) is 5.76 Å². The van der Waals surface area contributed by atoms with E-state index in [2.05, 4.69) is 15.9 Å². The minimum absolute atomic E-state index is 0.323. The van der Waals surface area contributed by atoms with Crippen LogP contribution in [0.25, 0.3) is 11.1 Å². The average molecular weight is 242 g/mol. The number of aromatic nitrogens is 1. The smallest absolute Gasteiger partial charge is 0.407 e. The van der Waals surface area contributed by atoms with Gasteiger partial charge in [-0.2, -0.15) is 0 Å². The van der Waals surface area contributed by atoms with E-state index in [0.717, 1.165) is 15.6 Å². The van der Waals surface area contributed by atoms with E-state index in [0.29, 0.717) is 5.58 Å². The van der Waals surface area contributed by atoms with Crippen molar-refractivity contribution in [1.29, 1.82) is 0 Å². The van der Waals surface area contributed by atoms with Gasteiger partial charge in [-0.1, -0.05) is 15.9 Å². The lowest BCUT2D eigenvalue weighted by Crippen LogP contribution is -2.08. The first kappa shape index (κ1) is 8.56. The minimum atomic E-state index is -0.323. The molecule has 0 aliphatic heterocycles. The van der Waals surface area contributed by atoms with Gasteiger partial charge in [0.05, 0.1) is 5.52 Å². The lowest BCUT2D eigenvalue weighted by molar-refractivity contribution is 0.526. The third kappa shape index (κ3) is 1.21. The molecule has 4 heteroatoms.